The second-order valence-electron chi connectivity index (χ2n) is 6.82. The molecule has 0 unspecified atom stereocenters. The largest absolute Gasteiger partial charge is 0.493 e. The monoisotopic (exact) mass is 308 g/mol. The SMILES string of the molecule is CC(C)(C)[Si](C)(C)OCCCCOc1ccccc1C=O. The fourth-order valence-corrected chi connectivity index (χ4v) is 2.73. The zero-order valence-corrected chi connectivity index (χ0v) is 14.9. The Kier molecular flexibility index (Phi) is 6.62. The van der Waals surface area contributed by atoms with Gasteiger partial charge in [-0.05, 0) is 43.1 Å². The van der Waals surface area contributed by atoms with E-state index in [1.807, 2.05) is 18.2 Å². The van der Waals surface area contributed by atoms with Gasteiger partial charge in [-0.15, -0.1) is 0 Å². The van der Waals surface area contributed by atoms with Gasteiger partial charge in [0.15, 0.2) is 14.6 Å². The van der Waals surface area contributed by atoms with Crippen molar-refractivity contribution in [2.75, 3.05) is 13.2 Å². The maximum atomic E-state index is 10.9. The fourth-order valence-electron chi connectivity index (χ4n) is 1.64. The van der Waals surface area contributed by atoms with Crippen LogP contribution in [0.5, 0.6) is 5.75 Å². The van der Waals surface area contributed by atoms with Gasteiger partial charge in [-0.1, -0.05) is 32.9 Å². The van der Waals surface area contributed by atoms with Crippen LogP contribution in [0.25, 0.3) is 0 Å². The molecule has 0 saturated carbocycles. The van der Waals surface area contributed by atoms with Gasteiger partial charge >= 0.3 is 0 Å². The molecule has 0 aliphatic carbocycles. The topological polar surface area (TPSA) is 35.5 Å². The van der Waals surface area contributed by atoms with Gasteiger partial charge < -0.3 is 9.16 Å². The molecular formula is C17H28O3Si. The summed E-state index contributed by atoms with van der Waals surface area (Å²) in [5, 5.41) is 0.256. The maximum Gasteiger partial charge on any atom is 0.191 e. The average Bonchev–Trinajstić information content (AvgIpc) is 2.41. The summed E-state index contributed by atoms with van der Waals surface area (Å²) in [7, 11) is -1.63. The molecule has 1 aromatic carbocycles. The smallest absolute Gasteiger partial charge is 0.191 e. The number of benzene rings is 1. The summed E-state index contributed by atoms with van der Waals surface area (Å²) in [6.07, 6.45) is 2.74. The van der Waals surface area contributed by atoms with Crippen LogP contribution in [0.4, 0.5) is 0 Å². The third-order valence-corrected chi connectivity index (χ3v) is 8.65. The molecule has 21 heavy (non-hydrogen) atoms. The first-order valence-electron chi connectivity index (χ1n) is 7.59. The predicted octanol–water partition coefficient (Wildman–Crippen LogP) is 4.68. The summed E-state index contributed by atoms with van der Waals surface area (Å²) >= 11 is 0. The van der Waals surface area contributed by atoms with Gasteiger partial charge in [0.25, 0.3) is 0 Å². The first-order chi connectivity index (χ1) is 9.78. The zero-order chi connectivity index (χ0) is 15.9. The molecular weight excluding hydrogens is 280 g/mol. The molecule has 1 rings (SSSR count). The fraction of sp³-hybridized carbons (Fsp3) is 0.588. The minimum atomic E-state index is -1.63. The molecule has 0 atom stereocenters. The van der Waals surface area contributed by atoms with E-state index >= 15 is 0 Å². The standard InChI is InChI=1S/C17H28O3Si/c1-17(2,3)21(4,5)20-13-9-8-12-19-16-11-7-6-10-15(16)14-18/h6-7,10-11,14H,8-9,12-13H2,1-5H3. The minimum absolute atomic E-state index is 0.256. The summed E-state index contributed by atoms with van der Waals surface area (Å²) in [6, 6.07) is 7.31. The zero-order valence-electron chi connectivity index (χ0n) is 13.9. The van der Waals surface area contributed by atoms with Crippen molar-refractivity contribution in [1.82, 2.24) is 0 Å². The Morgan fingerprint density at radius 3 is 2.33 bits per heavy atom. The van der Waals surface area contributed by atoms with E-state index in [0.717, 1.165) is 25.7 Å². The Bertz CT molecular complexity index is 450. The maximum absolute atomic E-state index is 10.9. The van der Waals surface area contributed by atoms with Crippen LogP contribution in [0.15, 0.2) is 24.3 Å². The van der Waals surface area contributed by atoms with E-state index in [1.54, 1.807) is 6.07 Å². The number of ether oxygens (including phenoxy) is 1. The van der Waals surface area contributed by atoms with Crippen LogP contribution < -0.4 is 4.74 Å². The summed E-state index contributed by atoms with van der Waals surface area (Å²) in [5.74, 6) is 0.665. The predicted molar refractivity (Wildman–Crippen MR) is 89.7 cm³/mol. The second kappa shape index (κ2) is 7.76. The van der Waals surface area contributed by atoms with Crippen molar-refractivity contribution in [2.45, 2.75) is 51.7 Å². The van der Waals surface area contributed by atoms with E-state index in [-0.39, 0.29) is 5.04 Å². The van der Waals surface area contributed by atoms with Crippen molar-refractivity contribution in [3.8, 4) is 5.75 Å². The number of rotatable bonds is 8. The molecule has 0 heterocycles. The van der Waals surface area contributed by atoms with Crippen LogP contribution in [0.3, 0.4) is 0 Å². The Labute approximate surface area is 129 Å². The van der Waals surface area contributed by atoms with Crippen molar-refractivity contribution >= 4 is 14.6 Å². The highest BCUT2D eigenvalue weighted by Crippen LogP contribution is 2.36. The normalized spacial score (nSPS) is 12.2. The molecule has 0 aliphatic rings. The number of carbonyl (C=O) groups is 1. The highest BCUT2D eigenvalue weighted by atomic mass is 28.4. The second-order valence-corrected chi connectivity index (χ2v) is 11.6. The Hall–Kier alpha value is -1.13. The number of carbonyl (C=O) groups excluding carboxylic acids is 1. The number of unbranched alkanes of at least 4 members (excludes halogenated alkanes) is 1. The summed E-state index contributed by atoms with van der Waals surface area (Å²) in [6.45, 7) is 12.7. The number of aldehydes is 1. The van der Waals surface area contributed by atoms with Gasteiger partial charge in [0.2, 0.25) is 0 Å². The number of hydrogen-bond acceptors (Lipinski definition) is 3. The molecule has 118 valence electrons. The highest BCUT2D eigenvalue weighted by Gasteiger charge is 2.36. The van der Waals surface area contributed by atoms with Gasteiger partial charge in [0.1, 0.15) is 5.75 Å². The van der Waals surface area contributed by atoms with Crippen LogP contribution in [0, 0.1) is 0 Å². The van der Waals surface area contributed by atoms with Crippen molar-refractivity contribution in [2.24, 2.45) is 0 Å². The molecule has 0 aromatic heterocycles. The third-order valence-electron chi connectivity index (χ3n) is 4.11. The molecule has 3 nitrogen and oxygen atoms in total. The molecule has 0 aliphatic heterocycles. The van der Waals surface area contributed by atoms with Gasteiger partial charge in [-0.3, -0.25) is 4.79 Å². The molecule has 0 N–H and O–H groups in total. The van der Waals surface area contributed by atoms with E-state index in [1.165, 1.54) is 0 Å². The lowest BCUT2D eigenvalue weighted by Crippen LogP contribution is -2.41. The molecule has 4 heteroatoms. The highest BCUT2D eigenvalue weighted by molar-refractivity contribution is 6.74. The third kappa shape index (κ3) is 5.63. The molecule has 0 saturated heterocycles. The molecule has 0 radical (unpaired) electrons. The number of hydrogen-bond donors (Lipinski definition) is 0. The molecule has 0 spiro atoms. The molecule has 0 amide bonds. The van der Waals surface area contributed by atoms with Crippen molar-refractivity contribution < 1.29 is 14.0 Å². The van der Waals surface area contributed by atoms with Gasteiger partial charge in [0, 0.05) is 6.61 Å². The lowest BCUT2D eigenvalue weighted by atomic mass is 10.2. The van der Waals surface area contributed by atoms with Crippen molar-refractivity contribution in [1.29, 1.82) is 0 Å². The number of para-hydroxylation sites is 1. The van der Waals surface area contributed by atoms with E-state index < -0.39 is 8.32 Å². The van der Waals surface area contributed by atoms with E-state index in [4.69, 9.17) is 9.16 Å². The first kappa shape index (κ1) is 17.9. The van der Waals surface area contributed by atoms with Crippen LogP contribution in [0.2, 0.25) is 18.1 Å². The van der Waals surface area contributed by atoms with Gasteiger partial charge in [-0.2, -0.15) is 0 Å². The van der Waals surface area contributed by atoms with E-state index in [0.29, 0.717) is 17.9 Å². The van der Waals surface area contributed by atoms with Crippen LogP contribution in [-0.2, 0) is 4.43 Å². The first-order valence-corrected chi connectivity index (χ1v) is 10.5. The van der Waals surface area contributed by atoms with Gasteiger partial charge in [-0.25, -0.2) is 0 Å². The molecule has 0 fully saturated rings. The minimum Gasteiger partial charge on any atom is -0.493 e. The quantitative estimate of drug-likeness (QED) is 0.397. The van der Waals surface area contributed by atoms with Crippen molar-refractivity contribution in [3.05, 3.63) is 29.8 Å². The lowest BCUT2D eigenvalue weighted by molar-refractivity contribution is 0.111. The van der Waals surface area contributed by atoms with Crippen LogP contribution in [-0.4, -0.2) is 27.8 Å². The van der Waals surface area contributed by atoms with E-state index in [9.17, 15) is 4.79 Å². The van der Waals surface area contributed by atoms with Gasteiger partial charge in [0.05, 0.1) is 12.2 Å². The Morgan fingerprint density at radius 2 is 1.71 bits per heavy atom. The average molecular weight is 308 g/mol. The summed E-state index contributed by atoms with van der Waals surface area (Å²) in [5.41, 5.74) is 0.607. The molecule has 1 aromatic rings. The molecule has 0 bridgehead atoms. The Balaban J connectivity index is 2.25. The van der Waals surface area contributed by atoms with Crippen LogP contribution in [0.1, 0.15) is 44.0 Å². The Morgan fingerprint density at radius 1 is 1.10 bits per heavy atom. The van der Waals surface area contributed by atoms with Crippen molar-refractivity contribution in [3.63, 3.8) is 0 Å². The summed E-state index contributed by atoms with van der Waals surface area (Å²) < 4.78 is 11.8. The van der Waals surface area contributed by atoms with E-state index in [2.05, 4.69) is 33.9 Å². The lowest BCUT2D eigenvalue weighted by Gasteiger charge is -2.36. The summed E-state index contributed by atoms with van der Waals surface area (Å²) in [4.78, 5) is 10.9. The van der Waals surface area contributed by atoms with Crippen LogP contribution >= 0.6 is 0 Å².